The van der Waals surface area contributed by atoms with E-state index in [0.717, 1.165) is 30.4 Å². The minimum atomic E-state index is 0.414. The lowest BCUT2D eigenvalue weighted by molar-refractivity contribution is 0.757. The third kappa shape index (κ3) is 4.02. The van der Waals surface area contributed by atoms with Gasteiger partial charge in [0.05, 0.1) is 0 Å². The Labute approximate surface area is 96.9 Å². The molecule has 0 aliphatic heterocycles. The number of aryl methyl sites for hydroxylation is 1. The van der Waals surface area contributed by atoms with Crippen LogP contribution in [0.3, 0.4) is 0 Å². The maximum atomic E-state index is 5.43. The molecule has 0 aliphatic rings. The Kier molecular flexibility index (Phi) is 4.98. The van der Waals surface area contributed by atoms with Crippen LogP contribution in [-0.2, 0) is 0 Å². The zero-order valence-electron chi connectivity index (χ0n) is 10.2. The standard InChI is InChI=1S/C11H21N5/c1-4-8(2)14-11-7-10(13-6-5-12)15-9(3)16-11/h7-8H,4-6,12H2,1-3H3,(H2,13,14,15,16). The van der Waals surface area contributed by atoms with Crippen LogP contribution in [0.5, 0.6) is 0 Å². The third-order valence-corrected chi connectivity index (χ3v) is 2.30. The van der Waals surface area contributed by atoms with Crippen molar-refractivity contribution < 1.29 is 0 Å². The minimum Gasteiger partial charge on any atom is -0.369 e. The largest absolute Gasteiger partial charge is 0.369 e. The summed E-state index contributed by atoms with van der Waals surface area (Å²) in [5.74, 6) is 2.44. The molecular formula is C11H21N5. The smallest absolute Gasteiger partial charge is 0.132 e. The fourth-order valence-electron chi connectivity index (χ4n) is 1.29. The van der Waals surface area contributed by atoms with E-state index in [2.05, 4.69) is 34.4 Å². The van der Waals surface area contributed by atoms with Gasteiger partial charge >= 0.3 is 0 Å². The van der Waals surface area contributed by atoms with E-state index in [4.69, 9.17) is 5.73 Å². The van der Waals surface area contributed by atoms with Crippen LogP contribution in [0.1, 0.15) is 26.1 Å². The van der Waals surface area contributed by atoms with Crippen molar-refractivity contribution in [3.63, 3.8) is 0 Å². The van der Waals surface area contributed by atoms with Crippen LogP contribution < -0.4 is 16.4 Å². The van der Waals surface area contributed by atoms with Crippen LogP contribution in [0.25, 0.3) is 0 Å². The average molecular weight is 223 g/mol. The van der Waals surface area contributed by atoms with Gasteiger partial charge in [-0.2, -0.15) is 0 Å². The van der Waals surface area contributed by atoms with E-state index in [-0.39, 0.29) is 0 Å². The molecule has 0 amide bonds. The fourth-order valence-corrected chi connectivity index (χ4v) is 1.29. The van der Waals surface area contributed by atoms with Crippen molar-refractivity contribution in [3.05, 3.63) is 11.9 Å². The van der Waals surface area contributed by atoms with Gasteiger partial charge in [-0.25, -0.2) is 9.97 Å². The van der Waals surface area contributed by atoms with Gasteiger partial charge in [0.15, 0.2) is 0 Å². The maximum absolute atomic E-state index is 5.43. The highest BCUT2D eigenvalue weighted by atomic mass is 15.1. The first-order valence-electron chi connectivity index (χ1n) is 5.71. The van der Waals surface area contributed by atoms with Crippen molar-refractivity contribution in [2.45, 2.75) is 33.2 Å². The third-order valence-electron chi connectivity index (χ3n) is 2.30. The number of nitrogens with one attached hydrogen (secondary N) is 2. The summed E-state index contributed by atoms with van der Waals surface area (Å²) in [6.07, 6.45) is 1.06. The molecule has 0 saturated carbocycles. The summed E-state index contributed by atoms with van der Waals surface area (Å²) in [6.45, 7) is 7.47. The molecule has 5 nitrogen and oxygen atoms in total. The molecule has 16 heavy (non-hydrogen) atoms. The van der Waals surface area contributed by atoms with E-state index in [1.54, 1.807) is 0 Å². The second-order valence-electron chi connectivity index (χ2n) is 3.85. The molecule has 1 aromatic heterocycles. The topological polar surface area (TPSA) is 75.9 Å². The number of hydrogen-bond donors (Lipinski definition) is 3. The van der Waals surface area contributed by atoms with Gasteiger partial charge in [0.1, 0.15) is 17.5 Å². The summed E-state index contributed by atoms with van der Waals surface area (Å²) in [5.41, 5.74) is 5.43. The lowest BCUT2D eigenvalue weighted by atomic mass is 10.2. The van der Waals surface area contributed by atoms with Gasteiger partial charge in [-0.1, -0.05) is 6.92 Å². The molecule has 90 valence electrons. The first-order valence-corrected chi connectivity index (χ1v) is 5.71. The van der Waals surface area contributed by atoms with Crippen LogP contribution in [0.2, 0.25) is 0 Å². The van der Waals surface area contributed by atoms with Gasteiger partial charge in [-0.15, -0.1) is 0 Å². The van der Waals surface area contributed by atoms with Crippen molar-refractivity contribution in [3.8, 4) is 0 Å². The highest BCUT2D eigenvalue weighted by molar-refractivity contribution is 5.47. The lowest BCUT2D eigenvalue weighted by Crippen LogP contribution is -2.17. The Morgan fingerprint density at radius 1 is 1.38 bits per heavy atom. The molecule has 0 fully saturated rings. The Hall–Kier alpha value is -1.36. The number of hydrogen-bond acceptors (Lipinski definition) is 5. The van der Waals surface area contributed by atoms with Gasteiger partial charge < -0.3 is 16.4 Å². The second kappa shape index (κ2) is 6.27. The molecule has 0 aromatic carbocycles. The van der Waals surface area contributed by atoms with Crippen molar-refractivity contribution in [1.29, 1.82) is 0 Å². The van der Waals surface area contributed by atoms with Gasteiger partial charge in [-0.05, 0) is 20.3 Å². The Morgan fingerprint density at radius 2 is 2.06 bits per heavy atom. The summed E-state index contributed by atoms with van der Waals surface area (Å²) < 4.78 is 0. The molecule has 0 bridgehead atoms. The Bertz CT molecular complexity index is 326. The van der Waals surface area contributed by atoms with Crippen molar-refractivity contribution in [2.75, 3.05) is 23.7 Å². The summed E-state index contributed by atoms with van der Waals surface area (Å²) in [4.78, 5) is 8.62. The maximum Gasteiger partial charge on any atom is 0.132 e. The fraction of sp³-hybridized carbons (Fsp3) is 0.636. The van der Waals surface area contributed by atoms with Crippen LogP contribution in [0, 0.1) is 6.92 Å². The van der Waals surface area contributed by atoms with Gasteiger partial charge in [0.25, 0.3) is 0 Å². The number of rotatable bonds is 6. The number of aromatic nitrogens is 2. The normalized spacial score (nSPS) is 12.2. The van der Waals surface area contributed by atoms with Crippen LogP contribution in [0.15, 0.2) is 6.07 Å². The van der Waals surface area contributed by atoms with E-state index in [0.29, 0.717) is 12.6 Å². The molecular weight excluding hydrogens is 202 g/mol. The number of anilines is 2. The Morgan fingerprint density at radius 3 is 2.69 bits per heavy atom. The number of nitrogens with zero attached hydrogens (tertiary/aromatic N) is 2. The quantitative estimate of drug-likeness (QED) is 0.679. The van der Waals surface area contributed by atoms with E-state index in [1.165, 1.54) is 0 Å². The van der Waals surface area contributed by atoms with E-state index >= 15 is 0 Å². The van der Waals surface area contributed by atoms with E-state index in [9.17, 15) is 0 Å². The van der Waals surface area contributed by atoms with E-state index < -0.39 is 0 Å². The predicted molar refractivity (Wildman–Crippen MR) is 67.7 cm³/mol. The highest BCUT2D eigenvalue weighted by Crippen LogP contribution is 2.12. The van der Waals surface area contributed by atoms with Crippen LogP contribution in [-0.4, -0.2) is 29.1 Å². The Balaban J connectivity index is 2.73. The number of nitrogens with two attached hydrogens (primary N) is 1. The summed E-state index contributed by atoms with van der Waals surface area (Å²) >= 11 is 0. The molecule has 5 heteroatoms. The lowest BCUT2D eigenvalue weighted by Gasteiger charge is -2.13. The SMILES string of the molecule is CCC(C)Nc1cc(NCCN)nc(C)n1. The zero-order chi connectivity index (χ0) is 12.0. The minimum absolute atomic E-state index is 0.414. The molecule has 1 heterocycles. The second-order valence-corrected chi connectivity index (χ2v) is 3.85. The predicted octanol–water partition coefficient (Wildman–Crippen LogP) is 1.37. The summed E-state index contributed by atoms with van der Waals surface area (Å²) in [7, 11) is 0. The molecule has 0 spiro atoms. The van der Waals surface area contributed by atoms with Crippen LogP contribution >= 0.6 is 0 Å². The van der Waals surface area contributed by atoms with Gasteiger partial charge in [0.2, 0.25) is 0 Å². The molecule has 1 atom stereocenters. The van der Waals surface area contributed by atoms with Gasteiger partial charge in [0, 0.05) is 25.2 Å². The molecule has 1 aromatic rings. The van der Waals surface area contributed by atoms with Gasteiger partial charge in [-0.3, -0.25) is 0 Å². The zero-order valence-corrected chi connectivity index (χ0v) is 10.2. The average Bonchev–Trinajstić information content (AvgIpc) is 2.25. The molecule has 4 N–H and O–H groups in total. The first kappa shape index (κ1) is 12.7. The van der Waals surface area contributed by atoms with E-state index in [1.807, 2.05) is 13.0 Å². The summed E-state index contributed by atoms with van der Waals surface area (Å²) in [6, 6.07) is 2.33. The molecule has 1 unspecified atom stereocenters. The summed E-state index contributed by atoms with van der Waals surface area (Å²) in [5, 5.41) is 6.48. The molecule has 0 saturated heterocycles. The monoisotopic (exact) mass is 223 g/mol. The van der Waals surface area contributed by atoms with Crippen molar-refractivity contribution >= 4 is 11.6 Å². The molecule has 0 aliphatic carbocycles. The highest BCUT2D eigenvalue weighted by Gasteiger charge is 2.03. The van der Waals surface area contributed by atoms with Crippen molar-refractivity contribution in [1.82, 2.24) is 9.97 Å². The molecule has 1 rings (SSSR count). The van der Waals surface area contributed by atoms with Crippen LogP contribution in [0.4, 0.5) is 11.6 Å². The van der Waals surface area contributed by atoms with Crippen molar-refractivity contribution in [2.24, 2.45) is 5.73 Å². The first-order chi connectivity index (χ1) is 7.65. The molecule has 0 radical (unpaired) electrons.